The van der Waals surface area contributed by atoms with Crippen LogP contribution in [0.15, 0.2) is 24.3 Å². The van der Waals surface area contributed by atoms with Crippen molar-refractivity contribution in [2.24, 2.45) is 0 Å². The Bertz CT molecular complexity index is 489. The number of hydrogen-bond donors (Lipinski definition) is 0. The summed E-state index contributed by atoms with van der Waals surface area (Å²) in [5.74, 6) is -0.516. The highest BCUT2D eigenvalue weighted by Crippen LogP contribution is 2.24. The van der Waals surface area contributed by atoms with Gasteiger partial charge in [0.15, 0.2) is 0 Å². The van der Waals surface area contributed by atoms with E-state index in [9.17, 15) is 9.18 Å². The second-order valence-corrected chi connectivity index (χ2v) is 4.89. The summed E-state index contributed by atoms with van der Waals surface area (Å²) >= 11 is 0. The smallest absolute Gasteiger partial charge is 0.228 e. The first kappa shape index (κ1) is 13.5. The van der Waals surface area contributed by atoms with Crippen LogP contribution in [0.2, 0.25) is 0 Å². The van der Waals surface area contributed by atoms with Gasteiger partial charge in [-0.1, -0.05) is 31.0 Å². The second-order valence-electron chi connectivity index (χ2n) is 4.89. The lowest BCUT2D eigenvalue weighted by atomic mass is 10.1. The lowest BCUT2D eigenvalue weighted by molar-refractivity contribution is -0.132. The molecular weight excluding hydrogens is 243 g/mol. The SMILES string of the molecule is N#CCN(C(=O)Cc1ccccc1F)C1CCCC1. The number of benzene rings is 1. The van der Waals surface area contributed by atoms with Crippen LogP contribution in [0.3, 0.4) is 0 Å². The molecule has 1 aromatic rings. The lowest BCUT2D eigenvalue weighted by Crippen LogP contribution is -2.40. The predicted octanol–water partition coefficient (Wildman–Crippen LogP) is 2.66. The van der Waals surface area contributed by atoms with E-state index in [4.69, 9.17) is 5.26 Å². The topological polar surface area (TPSA) is 44.1 Å². The molecule has 0 heterocycles. The monoisotopic (exact) mass is 260 g/mol. The summed E-state index contributed by atoms with van der Waals surface area (Å²) < 4.78 is 13.5. The molecule has 1 aromatic carbocycles. The highest BCUT2D eigenvalue weighted by Gasteiger charge is 2.26. The van der Waals surface area contributed by atoms with Gasteiger partial charge in [-0.3, -0.25) is 4.79 Å². The fourth-order valence-electron chi connectivity index (χ4n) is 2.62. The molecule has 0 bridgehead atoms. The van der Waals surface area contributed by atoms with Gasteiger partial charge in [-0.25, -0.2) is 4.39 Å². The maximum Gasteiger partial charge on any atom is 0.228 e. The van der Waals surface area contributed by atoms with Crippen LogP contribution in [0.25, 0.3) is 0 Å². The zero-order valence-electron chi connectivity index (χ0n) is 10.8. The molecule has 19 heavy (non-hydrogen) atoms. The van der Waals surface area contributed by atoms with Crippen LogP contribution >= 0.6 is 0 Å². The quantitative estimate of drug-likeness (QED) is 0.781. The van der Waals surface area contributed by atoms with Gasteiger partial charge in [-0.05, 0) is 24.5 Å². The molecule has 2 rings (SSSR count). The van der Waals surface area contributed by atoms with Gasteiger partial charge in [-0.2, -0.15) is 5.26 Å². The molecule has 0 radical (unpaired) electrons. The maximum atomic E-state index is 13.5. The van der Waals surface area contributed by atoms with E-state index < -0.39 is 0 Å². The first-order chi connectivity index (χ1) is 9.22. The largest absolute Gasteiger partial charge is 0.326 e. The molecule has 0 saturated heterocycles. The van der Waals surface area contributed by atoms with E-state index in [1.165, 1.54) is 6.07 Å². The molecule has 3 nitrogen and oxygen atoms in total. The fourth-order valence-corrected chi connectivity index (χ4v) is 2.62. The minimum Gasteiger partial charge on any atom is -0.326 e. The summed E-state index contributed by atoms with van der Waals surface area (Å²) in [5.41, 5.74) is 0.397. The summed E-state index contributed by atoms with van der Waals surface area (Å²) in [5, 5.41) is 8.85. The van der Waals surface area contributed by atoms with E-state index in [1.807, 2.05) is 6.07 Å². The molecule has 4 heteroatoms. The number of nitrogens with zero attached hydrogens (tertiary/aromatic N) is 2. The van der Waals surface area contributed by atoms with Gasteiger partial charge >= 0.3 is 0 Å². The van der Waals surface area contributed by atoms with Crippen molar-refractivity contribution in [2.75, 3.05) is 6.54 Å². The normalized spacial score (nSPS) is 15.2. The number of halogens is 1. The molecule has 1 aliphatic rings. The van der Waals surface area contributed by atoms with Crippen molar-refractivity contribution in [3.63, 3.8) is 0 Å². The Labute approximate surface area is 112 Å². The Hall–Kier alpha value is -1.89. The molecule has 0 N–H and O–H groups in total. The average molecular weight is 260 g/mol. The van der Waals surface area contributed by atoms with E-state index in [2.05, 4.69) is 0 Å². The molecule has 0 spiro atoms. The number of hydrogen-bond acceptors (Lipinski definition) is 2. The number of carbonyl (C=O) groups is 1. The number of rotatable bonds is 4. The minimum absolute atomic E-state index is 0.0326. The number of amides is 1. The van der Waals surface area contributed by atoms with E-state index in [0.717, 1.165) is 25.7 Å². The Morgan fingerprint density at radius 2 is 2.05 bits per heavy atom. The molecule has 0 aromatic heterocycles. The Kier molecular flexibility index (Phi) is 4.51. The van der Waals surface area contributed by atoms with Gasteiger partial charge in [-0.15, -0.1) is 0 Å². The molecule has 0 unspecified atom stereocenters. The van der Waals surface area contributed by atoms with Gasteiger partial charge in [0, 0.05) is 6.04 Å². The van der Waals surface area contributed by atoms with E-state index in [1.54, 1.807) is 23.1 Å². The molecule has 1 amide bonds. The Morgan fingerprint density at radius 1 is 1.37 bits per heavy atom. The number of nitriles is 1. The highest BCUT2D eigenvalue weighted by atomic mass is 19.1. The van der Waals surface area contributed by atoms with E-state index in [-0.39, 0.29) is 30.7 Å². The second kappa shape index (κ2) is 6.33. The van der Waals surface area contributed by atoms with Crippen molar-refractivity contribution in [3.05, 3.63) is 35.6 Å². The van der Waals surface area contributed by atoms with Crippen LogP contribution in [0.1, 0.15) is 31.2 Å². The zero-order chi connectivity index (χ0) is 13.7. The maximum absolute atomic E-state index is 13.5. The predicted molar refractivity (Wildman–Crippen MR) is 69.7 cm³/mol. The molecule has 0 atom stereocenters. The third-order valence-corrected chi connectivity index (χ3v) is 3.63. The summed E-state index contributed by atoms with van der Waals surface area (Å²) in [6.07, 6.45) is 4.12. The molecule has 1 aliphatic carbocycles. The molecule has 1 saturated carbocycles. The Morgan fingerprint density at radius 3 is 2.68 bits per heavy atom. The van der Waals surface area contributed by atoms with E-state index >= 15 is 0 Å². The molecular formula is C15H17FN2O. The minimum atomic E-state index is -0.362. The molecule has 0 aliphatic heterocycles. The van der Waals surface area contributed by atoms with Gasteiger partial charge in [0.2, 0.25) is 5.91 Å². The summed E-state index contributed by atoms with van der Waals surface area (Å²) in [4.78, 5) is 13.9. The number of carbonyl (C=O) groups excluding carboxylic acids is 1. The first-order valence-electron chi connectivity index (χ1n) is 6.62. The first-order valence-corrected chi connectivity index (χ1v) is 6.62. The Balaban J connectivity index is 2.07. The summed E-state index contributed by atoms with van der Waals surface area (Å²) in [6.45, 7) is 0.0952. The van der Waals surface area contributed by atoms with Gasteiger partial charge in [0.25, 0.3) is 0 Å². The fraction of sp³-hybridized carbons (Fsp3) is 0.467. The van der Waals surface area contributed by atoms with Crippen LogP contribution in [-0.4, -0.2) is 23.4 Å². The molecule has 100 valence electrons. The van der Waals surface area contributed by atoms with Crippen LogP contribution in [0.5, 0.6) is 0 Å². The van der Waals surface area contributed by atoms with Crippen LogP contribution in [0.4, 0.5) is 4.39 Å². The zero-order valence-corrected chi connectivity index (χ0v) is 10.8. The highest BCUT2D eigenvalue weighted by molar-refractivity contribution is 5.79. The standard InChI is InChI=1S/C15H17FN2O/c16-14-8-4-1-5-12(14)11-15(19)18(10-9-17)13-6-2-3-7-13/h1,4-5,8,13H,2-3,6-7,10-11H2. The average Bonchev–Trinajstić information content (AvgIpc) is 2.92. The van der Waals surface area contributed by atoms with Crippen LogP contribution in [0, 0.1) is 17.1 Å². The van der Waals surface area contributed by atoms with Crippen molar-refractivity contribution in [1.82, 2.24) is 4.90 Å². The summed E-state index contributed by atoms with van der Waals surface area (Å²) in [6, 6.07) is 8.48. The van der Waals surface area contributed by atoms with Gasteiger partial charge in [0.05, 0.1) is 12.5 Å². The van der Waals surface area contributed by atoms with Gasteiger partial charge < -0.3 is 4.90 Å². The molecule has 1 fully saturated rings. The van der Waals surface area contributed by atoms with E-state index in [0.29, 0.717) is 5.56 Å². The lowest BCUT2D eigenvalue weighted by Gasteiger charge is -2.26. The third-order valence-electron chi connectivity index (χ3n) is 3.63. The van der Waals surface area contributed by atoms with Gasteiger partial charge in [0.1, 0.15) is 12.4 Å². The van der Waals surface area contributed by atoms with Crippen molar-refractivity contribution < 1.29 is 9.18 Å². The van der Waals surface area contributed by atoms with Crippen molar-refractivity contribution in [3.8, 4) is 6.07 Å². The van der Waals surface area contributed by atoms with Crippen molar-refractivity contribution >= 4 is 5.91 Å². The van der Waals surface area contributed by atoms with Crippen LogP contribution in [-0.2, 0) is 11.2 Å². The summed E-state index contributed by atoms with van der Waals surface area (Å²) in [7, 11) is 0. The van der Waals surface area contributed by atoms with Crippen molar-refractivity contribution in [1.29, 1.82) is 5.26 Å². The third kappa shape index (κ3) is 3.31. The van der Waals surface area contributed by atoms with Crippen LogP contribution < -0.4 is 0 Å². The van der Waals surface area contributed by atoms with Crippen molar-refractivity contribution in [2.45, 2.75) is 38.1 Å².